The number of amides is 1. The van der Waals surface area contributed by atoms with Crippen molar-refractivity contribution in [2.24, 2.45) is 5.41 Å². The number of carbonyl (C=O) groups is 1. The number of thiophene rings is 1. The maximum atomic E-state index is 16.2. The predicted molar refractivity (Wildman–Crippen MR) is 166 cm³/mol. The highest BCUT2D eigenvalue weighted by atomic mass is 32.2. The number of para-hydroxylation sites is 1. The van der Waals surface area contributed by atoms with Gasteiger partial charge < -0.3 is 15.2 Å². The topological polar surface area (TPSA) is 95.9 Å². The highest BCUT2D eigenvalue weighted by Gasteiger charge is 2.47. The number of nitrogens with one attached hydrogen (secondary N) is 1. The van der Waals surface area contributed by atoms with Gasteiger partial charge in [-0.2, -0.15) is 11.3 Å². The van der Waals surface area contributed by atoms with E-state index < -0.39 is 51.1 Å². The van der Waals surface area contributed by atoms with Crippen LogP contribution in [0.3, 0.4) is 0 Å². The van der Waals surface area contributed by atoms with E-state index in [-0.39, 0.29) is 63.4 Å². The van der Waals surface area contributed by atoms with Gasteiger partial charge in [0.25, 0.3) is 0 Å². The van der Waals surface area contributed by atoms with Crippen LogP contribution >= 0.6 is 11.3 Å². The van der Waals surface area contributed by atoms with Gasteiger partial charge >= 0.3 is 0 Å². The molecular formula is C33H29F3N2O5S2. The molecule has 0 radical (unpaired) electrons. The molecule has 3 heterocycles. The summed E-state index contributed by atoms with van der Waals surface area (Å²) in [6.45, 7) is 3.75. The summed E-state index contributed by atoms with van der Waals surface area (Å²) in [5, 5.41) is 17.8. The Balaban J connectivity index is 1.54. The molecule has 0 fully saturated rings. The zero-order chi connectivity index (χ0) is 32.1. The van der Waals surface area contributed by atoms with Gasteiger partial charge in [-0.15, -0.1) is 0 Å². The number of ether oxygens (including phenoxy) is 1. The van der Waals surface area contributed by atoms with Gasteiger partial charge in [0.1, 0.15) is 47.3 Å². The number of hydrogen-bond donors (Lipinski definition) is 2. The van der Waals surface area contributed by atoms with Crippen LogP contribution < -0.4 is 15.0 Å². The van der Waals surface area contributed by atoms with Crippen molar-refractivity contribution in [1.29, 1.82) is 0 Å². The Morgan fingerprint density at radius 3 is 2.60 bits per heavy atom. The van der Waals surface area contributed by atoms with Gasteiger partial charge in [-0.25, -0.2) is 21.6 Å². The van der Waals surface area contributed by atoms with E-state index >= 15 is 4.39 Å². The smallest absolute Gasteiger partial charge is 0.232 e. The van der Waals surface area contributed by atoms with E-state index in [1.807, 2.05) is 16.8 Å². The monoisotopic (exact) mass is 654 g/mol. The molecule has 1 atom stereocenters. The molecule has 2 N–H and O–H groups in total. The van der Waals surface area contributed by atoms with Crippen molar-refractivity contribution in [3.63, 3.8) is 0 Å². The van der Waals surface area contributed by atoms with Gasteiger partial charge in [0.15, 0.2) is 9.84 Å². The fourth-order valence-electron chi connectivity index (χ4n) is 5.93. The van der Waals surface area contributed by atoms with E-state index in [1.54, 1.807) is 13.8 Å². The lowest BCUT2D eigenvalue weighted by atomic mass is 9.88. The fourth-order valence-corrected chi connectivity index (χ4v) is 8.95. The molecule has 1 aromatic heterocycles. The summed E-state index contributed by atoms with van der Waals surface area (Å²) in [4.78, 5) is 15.1. The summed E-state index contributed by atoms with van der Waals surface area (Å²) in [6, 6.07) is 11.4. The summed E-state index contributed by atoms with van der Waals surface area (Å²) in [5.74, 6) is -3.78. The number of phenolic OH excluding ortho intramolecular Hbond substituents is 1. The summed E-state index contributed by atoms with van der Waals surface area (Å²) >= 11 is 1.49. The Morgan fingerprint density at radius 2 is 1.89 bits per heavy atom. The first-order chi connectivity index (χ1) is 21.3. The Hall–Kier alpha value is -4.29. The third-order valence-electron chi connectivity index (χ3n) is 7.81. The summed E-state index contributed by atoms with van der Waals surface area (Å²) in [6.07, 6.45) is -0.390. The first-order valence-electron chi connectivity index (χ1n) is 14.1. The molecular weight excluding hydrogens is 626 g/mol. The molecule has 1 unspecified atom stereocenters. The van der Waals surface area contributed by atoms with Gasteiger partial charge in [0.2, 0.25) is 5.91 Å². The minimum atomic E-state index is -4.14. The number of hydrogen-bond acceptors (Lipinski definition) is 7. The highest BCUT2D eigenvalue weighted by molar-refractivity contribution is 7.95. The van der Waals surface area contributed by atoms with Crippen LogP contribution in [0.25, 0.3) is 0 Å². The zero-order valence-corrected chi connectivity index (χ0v) is 25.9. The van der Waals surface area contributed by atoms with E-state index in [0.717, 1.165) is 28.7 Å². The first kappa shape index (κ1) is 30.7. The standard InChI is InChI=1S/C33H29F3N2O5S2/c1-33(2)15-26-32(45(41,42)18-33)31(23-9-8-22(14-25(23)36)43-16-19-10-11-44-17-19)38(27-4-3-5-28(39)30(27)37-26)29(40)12-20-6-7-21(34)13-24(20)35/h3-11,13-14,17,31,37,39H,12,15-16,18H2,1-2H3. The number of benzene rings is 3. The zero-order valence-electron chi connectivity index (χ0n) is 24.3. The minimum Gasteiger partial charge on any atom is -0.506 e. The van der Waals surface area contributed by atoms with Gasteiger partial charge in [0.05, 0.1) is 22.8 Å². The maximum absolute atomic E-state index is 16.2. The van der Waals surface area contributed by atoms with Crippen LogP contribution in [-0.2, 0) is 27.7 Å². The van der Waals surface area contributed by atoms with Crippen molar-refractivity contribution >= 4 is 38.5 Å². The molecule has 0 bridgehead atoms. The molecule has 2 aliphatic rings. The predicted octanol–water partition coefficient (Wildman–Crippen LogP) is 7.25. The van der Waals surface area contributed by atoms with Gasteiger partial charge in [-0.05, 0) is 70.1 Å². The Morgan fingerprint density at radius 1 is 1.09 bits per heavy atom. The number of rotatable bonds is 6. The summed E-state index contributed by atoms with van der Waals surface area (Å²) in [5.41, 5.74) is 0.203. The molecule has 0 spiro atoms. The van der Waals surface area contributed by atoms with Gasteiger partial charge in [-0.3, -0.25) is 9.69 Å². The number of halogens is 3. The van der Waals surface area contributed by atoms with Crippen LogP contribution in [0.4, 0.5) is 24.5 Å². The fraction of sp³-hybridized carbons (Fsp3) is 0.242. The molecule has 3 aromatic carbocycles. The third-order valence-corrected chi connectivity index (χ3v) is 10.8. The second kappa shape index (κ2) is 11.6. The maximum Gasteiger partial charge on any atom is 0.232 e. The van der Waals surface area contributed by atoms with Crippen molar-refractivity contribution in [2.45, 2.75) is 39.3 Å². The number of nitrogens with zero attached hydrogens (tertiary/aromatic N) is 1. The number of sulfone groups is 1. The van der Waals surface area contributed by atoms with E-state index in [9.17, 15) is 27.1 Å². The molecule has 234 valence electrons. The molecule has 1 amide bonds. The molecule has 45 heavy (non-hydrogen) atoms. The normalized spacial score (nSPS) is 18.4. The Labute approximate surface area is 262 Å². The lowest BCUT2D eigenvalue weighted by molar-refractivity contribution is -0.118. The second-order valence-corrected chi connectivity index (χ2v) is 14.7. The second-order valence-electron chi connectivity index (χ2n) is 11.9. The van der Waals surface area contributed by atoms with Crippen molar-refractivity contribution in [1.82, 2.24) is 0 Å². The molecule has 2 aliphatic heterocycles. The van der Waals surface area contributed by atoms with Crippen LogP contribution in [0, 0.1) is 22.9 Å². The lowest BCUT2D eigenvalue weighted by Gasteiger charge is -2.37. The number of anilines is 2. The Kier molecular flexibility index (Phi) is 7.90. The van der Waals surface area contributed by atoms with E-state index in [0.29, 0.717) is 6.07 Å². The molecule has 6 rings (SSSR count). The van der Waals surface area contributed by atoms with Crippen LogP contribution in [0.15, 0.2) is 82.0 Å². The molecule has 0 saturated carbocycles. The average Bonchev–Trinajstić information content (AvgIpc) is 3.42. The number of allylic oxidation sites excluding steroid dienone is 1. The van der Waals surface area contributed by atoms with Crippen molar-refractivity contribution < 1.29 is 36.2 Å². The van der Waals surface area contributed by atoms with Crippen LogP contribution in [0.1, 0.15) is 43.0 Å². The van der Waals surface area contributed by atoms with E-state index in [1.165, 1.54) is 41.7 Å². The molecule has 12 heteroatoms. The largest absolute Gasteiger partial charge is 0.506 e. The number of carbonyl (C=O) groups excluding carboxylic acids is 1. The number of fused-ring (bicyclic) bond motifs is 1. The first-order valence-corrected chi connectivity index (χ1v) is 16.7. The molecule has 7 nitrogen and oxygen atoms in total. The van der Waals surface area contributed by atoms with Crippen LogP contribution in [0.2, 0.25) is 0 Å². The quantitative estimate of drug-likeness (QED) is 0.213. The Bertz CT molecular complexity index is 1940. The SMILES string of the molecule is CC1(C)CC2=C(C(c3ccc(OCc4ccsc4)cc3F)N(C(=O)Cc3ccc(F)cc3F)c3cccc(O)c3N2)S(=O)(=O)C1. The van der Waals surface area contributed by atoms with Crippen LogP contribution in [-0.4, -0.2) is 25.2 Å². The van der Waals surface area contributed by atoms with E-state index in [2.05, 4.69) is 5.32 Å². The molecule has 4 aromatic rings. The van der Waals surface area contributed by atoms with Crippen molar-refractivity contribution in [2.75, 3.05) is 16.0 Å². The highest BCUT2D eigenvalue weighted by Crippen LogP contribution is 2.51. The molecule has 0 saturated heterocycles. The lowest BCUT2D eigenvalue weighted by Crippen LogP contribution is -2.42. The average molecular weight is 655 g/mol. The summed E-state index contributed by atoms with van der Waals surface area (Å²) in [7, 11) is -4.14. The van der Waals surface area contributed by atoms with Gasteiger partial charge in [-0.1, -0.05) is 26.0 Å². The number of aromatic hydroxyl groups is 1. The third kappa shape index (κ3) is 6.04. The number of phenols is 1. The van der Waals surface area contributed by atoms with Crippen molar-refractivity contribution in [3.05, 3.63) is 116 Å². The molecule has 0 aliphatic carbocycles. The minimum absolute atomic E-state index is 0.0458. The van der Waals surface area contributed by atoms with Crippen LogP contribution in [0.5, 0.6) is 11.5 Å². The van der Waals surface area contributed by atoms with Gasteiger partial charge in [0, 0.05) is 23.4 Å². The van der Waals surface area contributed by atoms with Crippen molar-refractivity contribution in [3.8, 4) is 11.5 Å². The van der Waals surface area contributed by atoms with E-state index in [4.69, 9.17) is 4.74 Å². The summed E-state index contributed by atoms with van der Waals surface area (Å²) < 4.78 is 78.6.